The van der Waals surface area contributed by atoms with Crippen molar-refractivity contribution in [2.45, 2.75) is 37.7 Å². The smallest absolute Gasteiger partial charge is 0.335 e. The number of esters is 1. The number of hydrogen-bond donors (Lipinski definition) is 0. The van der Waals surface area contributed by atoms with E-state index < -0.39 is 5.06 Å². The van der Waals surface area contributed by atoms with Gasteiger partial charge in [-0.2, -0.15) is 0 Å². The maximum Gasteiger partial charge on any atom is 0.335 e. The topological polar surface area (TPSA) is 26.3 Å². The van der Waals surface area contributed by atoms with Gasteiger partial charge >= 0.3 is 5.97 Å². The fourth-order valence-corrected chi connectivity index (χ4v) is 2.36. The standard InChI is InChI=1S/C9H11ClO2/c1-6-7-4-2-3-5-9(7,10)12-8(6)11/h2-5H2,1H3. The fraction of sp³-hybridized carbons (Fsp3) is 0.667. The highest BCUT2D eigenvalue weighted by Crippen LogP contribution is 2.45. The predicted molar refractivity (Wildman–Crippen MR) is 45.8 cm³/mol. The highest BCUT2D eigenvalue weighted by Gasteiger charge is 2.45. The summed E-state index contributed by atoms with van der Waals surface area (Å²) in [5.74, 6) is -0.234. The van der Waals surface area contributed by atoms with E-state index in [0.29, 0.717) is 0 Å². The van der Waals surface area contributed by atoms with Crippen LogP contribution < -0.4 is 0 Å². The van der Waals surface area contributed by atoms with Crippen molar-refractivity contribution >= 4 is 17.6 Å². The molecule has 0 aromatic carbocycles. The number of carbonyl (C=O) groups is 1. The second kappa shape index (κ2) is 2.49. The van der Waals surface area contributed by atoms with Gasteiger partial charge in [0.15, 0.2) is 0 Å². The minimum absolute atomic E-state index is 0.234. The Labute approximate surface area is 76.5 Å². The van der Waals surface area contributed by atoms with Crippen LogP contribution in [0.4, 0.5) is 0 Å². The average Bonchev–Trinajstić information content (AvgIpc) is 2.24. The van der Waals surface area contributed by atoms with Gasteiger partial charge in [0.2, 0.25) is 5.06 Å². The lowest BCUT2D eigenvalue weighted by Gasteiger charge is -2.28. The summed E-state index contributed by atoms with van der Waals surface area (Å²) in [4.78, 5) is 11.2. The van der Waals surface area contributed by atoms with E-state index in [1.54, 1.807) is 6.92 Å². The zero-order valence-electron chi connectivity index (χ0n) is 7.02. The Morgan fingerprint density at radius 2 is 2.25 bits per heavy atom. The molecule has 1 aliphatic carbocycles. The number of halogens is 1. The zero-order valence-corrected chi connectivity index (χ0v) is 7.78. The predicted octanol–water partition coefficient (Wildman–Crippen LogP) is 2.37. The van der Waals surface area contributed by atoms with E-state index >= 15 is 0 Å². The van der Waals surface area contributed by atoms with Crippen LogP contribution in [0.15, 0.2) is 11.1 Å². The van der Waals surface area contributed by atoms with Crippen LogP contribution in [0.5, 0.6) is 0 Å². The van der Waals surface area contributed by atoms with Gasteiger partial charge in [0.25, 0.3) is 0 Å². The number of fused-ring (bicyclic) bond motifs is 1. The third-order valence-electron chi connectivity index (χ3n) is 2.64. The minimum Gasteiger partial charge on any atom is -0.436 e. The fourth-order valence-electron chi connectivity index (χ4n) is 1.92. The Kier molecular flexibility index (Phi) is 1.69. The van der Waals surface area contributed by atoms with Gasteiger partial charge in [-0.15, -0.1) is 0 Å². The van der Waals surface area contributed by atoms with E-state index in [1.807, 2.05) is 0 Å². The average molecular weight is 187 g/mol. The second-order valence-electron chi connectivity index (χ2n) is 3.43. The van der Waals surface area contributed by atoms with Crippen molar-refractivity contribution in [3.05, 3.63) is 11.1 Å². The summed E-state index contributed by atoms with van der Waals surface area (Å²) in [6.07, 6.45) is 3.86. The lowest BCUT2D eigenvalue weighted by molar-refractivity contribution is -0.142. The second-order valence-corrected chi connectivity index (χ2v) is 4.04. The molecule has 12 heavy (non-hydrogen) atoms. The third kappa shape index (κ3) is 0.977. The molecule has 0 saturated heterocycles. The number of ether oxygens (including phenoxy) is 1. The van der Waals surface area contributed by atoms with Crippen molar-refractivity contribution < 1.29 is 9.53 Å². The quantitative estimate of drug-likeness (QED) is 0.429. The van der Waals surface area contributed by atoms with E-state index in [-0.39, 0.29) is 5.97 Å². The van der Waals surface area contributed by atoms with Crippen molar-refractivity contribution in [3.8, 4) is 0 Å². The first-order valence-corrected chi connectivity index (χ1v) is 4.64. The van der Waals surface area contributed by atoms with Gasteiger partial charge < -0.3 is 4.74 Å². The molecule has 0 aromatic heterocycles. The molecule has 0 bridgehead atoms. The molecular weight excluding hydrogens is 176 g/mol. The van der Waals surface area contributed by atoms with Gasteiger partial charge in [0.05, 0.1) is 0 Å². The number of alkyl halides is 1. The maximum atomic E-state index is 11.2. The molecule has 1 saturated carbocycles. The first-order valence-electron chi connectivity index (χ1n) is 4.26. The number of rotatable bonds is 0. The van der Waals surface area contributed by atoms with Gasteiger partial charge in [-0.25, -0.2) is 4.79 Å². The van der Waals surface area contributed by atoms with E-state index in [4.69, 9.17) is 16.3 Å². The number of hydrogen-bond acceptors (Lipinski definition) is 2. The molecule has 1 atom stereocenters. The van der Waals surface area contributed by atoms with Crippen LogP contribution in [0.3, 0.4) is 0 Å². The van der Waals surface area contributed by atoms with E-state index in [2.05, 4.69) is 0 Å². The Morgan fingerprint density at radius 1 is 1.50 bits per heavy atom. The summed E-state index contributed by atoms with van der Waals surface area (Å²) < 4.78 is 5.12. The number of carbonyl (C=O) groups excluding carboxylic acids is 1. The molecule has 2 nitrogen and oxygen atoms in total. The van der Waals surface area contributed by atoms with Gasteiger partial charge in [0.1, 0.15) is 0 Å². The molecule has 3 heteroatoms. The molecule has 1 aliphatic heterocycles. The minimum atomic E-state index is -0.764. The van der Waals surface area contributed by atoms with Gasteiger partial charge in [-0.3, -0.25) is 0 Å². The molecule has 0 aromatic rings. The molecule has 2 rings (SSSR count). The Hall–Kier alpha value is -0.500. The lowest BCUT2D eigenvalue weighted by atomic mass is 9.90. The summed E-state index contributed by atoms with van der Waals surface area (Å²) in [6, 6.07) is 0. The molecule has 2 aliphatic rings. The summed E-state index contributed by atoms with van der Waals surface area (Å²) in [5.41, 5.74) is 1.74. The lowest BCUT2D eigenvalue weighted by Crippen LogP contribution is -2.27. The Bertz CT molecular complexity index is 270. The van der Waals surface area contributed by atoms with Gasteiger partial charge in [0, 0.05) is 12.0 Å². The molecule has 66 valence electrons. The molecule has 0 amide bonds. The van der Waals surface area contributed by atoms with Crippen LogP contribution in [-0.4, -0.2) is 11.0 Å². The van der Waals surface area contributed by atoms with Crippen LogP contribution in [0.1, 0.15) is 32.6 Å². The molecule has 0 N–H and O–H groups in total. The molecule has 0 radical (unpaired) electrons. The van der Waals surface area contributed by atoms with Crippen molar-refractivity contribution in [2.24, 2.45) is 0 Å². The van der Waals surface area contributed by atoms with Crippen LogP contribution in [0.25, 0.3) is 0 Å². The normalized spacial score (nSPS) is 35.0. The maximum absolute atomic E-state index is 11.2. The summed E-state index contributed by atoms with van der Waals surface area (Å²) >= 11 is 6.16. The highest BCUT2D eigenvalue weighted by molar-refractivity contribution is 6.27. The molecule has 0 spiro atoms. The first kappa shape index (κ1) is 8.11. The van der Waals surface area contributed by atoms with Crippen molar-refractivity contribution in [1.29, 1.82) is 0 Å². The van der Waals surface area contributed by atoms with Crippen LogP contribution in [0.2, 0.25) is 0 Å². The van der Waals surface area contributed by atoms with Crippen LogP contribution >= 0.6 is 11.6 Å². The van der Waals surface area contributed by atoms with Crippen LogP contribution in [0, 0.1) is 0 Å². The van der Waals surface area contributed by atoms with Gasteiger partial charge in [-0.1, -0.05) is 11.6 Å². The largest absolute Gasteiger partial charge is 0.436 e. The van der Waals surface area contributed by atoms with Gasteiger partial charge in [-0.05, 0) is 31.8 Å². The Balaban J connectivity index is 2.40. The zero-order chi connectivity index (χ0) is 8.77. The summed E-state index contributed by atoms with van der Waals surface area (Å²) in [5, 5.41) is -0.764. The van der Waals surface area contributed by atoms with Crippen molar-refractivity contribution in [1.82, 2.24) is 0 Å². The third-order valence-corrected chi connectivity index (χ3v) is 3.13. The molecular formula is C9H11ClO2. The van der Waals surface area contributed by atoms with E-state index in [9.17, 15) is 4.79 Å². The summed E-state index contributed by atoms with van der Waals surface area (Å²) in [7, 11) is 0. The molecule has 1 unspecified atom stereocenters. The Morgan fingerprint density at radius 3 is 2.92 bits per heavy atom. The SMILES string of the molecule is CC1=C2CCCCC2(Cl)OC1=O. The molecule has 1 fully saturated rings. The van der Waals surface area contributed by atoms with E-state index in [0.717, 1.165) is 36.8 Å². The summed E-state index contributed by atoms with van der Waals surface area (Å²) in [6.45, 7) is 1.80. The van der Waals surface area contributed by atoms with Crippen LogP contribution in [-0.2, 0) is 9.53 Å². The monoisotopic (exact) mass is 186 g/mol. The van der Waals surface area contributed by atoms with Crippen molar-refractivity contribution in [2.75, 3.05) is 0 Å². The van der Waals surface area contributed by atoms with E-state index in [1.165, 1.54) is 0 Å². The first-order chi connectivity index (χ1) is 5.63. The highest BCUT2D eigenvalue weighted by atomic mass is 35.5. The molecule has 1 heterocycles. The van der Waals surface area contributed by atoms with Crippen molar-refractivity contribution in [3.63, 3.8) is 0 Å².